The highest BCUT2D eigenvalue weighted by molar-refractivity contribution is 8.09. The van der Waals surface area contributed by atoms with Gasteiger partial charge in [-0.05, 0) is 43.9 Å². The summed E-state index contributed by atoms with van der Waals surface area (Å²) >= 11 is 10.8. The van der Waals surface area contributed by atoms with Crippen LogP contribution in [0, 0.1) is 5.82 Å². The van der Waals surface area contributed by atoms with Crippen LogP contribution in [-0.2, 0) is 20.9 Å². The quantitative estimate of drug-likeness (QED) is 0.771. The molecule has 0 aliphatic heterocycles. The van der Waals surface area contributed by atoms with Crippen molar-refractivity contribution in [2.45, 2.75) is 13.8 Å². The van der Waals surface area contributed by atoms with Crippen molar-refractivity contribution in [3.8, 4) is 0 Å². The van der Waals surface area contributed by atoms with Crippen molar-refractivity contribution in [1.29, 1.82) is 0 Å². The number of urea groups is 1. The summed E-state index contributed by atoms with van der Waals surface area (Å²) in [5.41, 5.74) is 0.337. The summed E-state index contributed by atoms with van der Waals surface area (Å²) in [6.07, 6.45) is 0. The Kier molecular flexibility index (Phi) is 6.85. The van der Waals surface area contributed by atoms with Gasteiger partial charge in [0.05, 0.1) is 18.2 Å². The summed E-state index contributed by atoms with van der Waals surface area (Å²) in [7, 11) is 0. The molecule has 0 fully saturated rings. The van der Waals surface area contributed by atoms with Crippen molar-refractivity contribution >= 4 is 41.8 Å². The first-order chi connectivity index (χ1) is 9.40. The van der Waals surface area contributed by atoms with Gasteiger partial charge in [-0.2, -0.15) is 0 Å². The van der Waals surface area contributed by atoms with Crippen molar-refractivity contribution in [2.24, 2.45) is 0 Å². The summed E-state index contributed by atoms with van der Waals surface area (Å²) in [5, 5.41) is 4.87. The average Bonchev–Trinajstić information content (AvgIpc) is 2.34. The lowest BCUT2D eigenvalue weighted by Gasteiger charge is -2.21. The molecule has 0 aliphatic rings. The molecule has 0 saturated heterocycles. The molecule has 0 unspecified atom stereocenters. The van der Waals surface area contributed by atoms with E-state index in [1.165, 1.54) is 12.1 Å². The maximum absolute atomic E-state index is 13.0. The Labute approximate surface area is 127 Å². The van der Waals surface area contributed by atoms with Crippen LogP contribution in [0.4, 0.5) is 14.9 Å². The summed E-state index contributed by atoms with van der Waals surface area (Å²) in [6, 6.07) is 3.23. The van der Waals surface area contributed by atoms with Crippen molar-refractivity contribution in [2.75, 3.05) is 18.5 Å². The normalized spacial score (nSPS) is 11.2. The maximum atomic E-state index is 13.0. The number of nitrogens with one attached hydrogen (secondary N) is 2. The fourth-order valence-electron chi connectivity index (χ4n) is 1.30. The Balaban J connectivity index is 2.70. The van der Waals surface area contributed by atoms with Crippen LogP contribution < -0.4 is 10.4 Å². The average molecular weight is 341 g/mol. The van der Waals surface area contributed by atoms with Crippen LogP contribution in [-0.4, -0.2) is 19.2 Å². The number of benzene rings is 1. The molecular formula is C11H15ClFN2O3PS. The molecule has 0 aromatic heterocycles. The van der Waals surface area contributed by atoms with E-state index >= 15 is 0 Å². The third kappa shape index (κ3) is 5.34. The zero-order valence-corrected chi connectivity index (χ0v) is 13.4. The van der Waals surface area contributed by atoms with Crippen LogP contribution in [0.1, 0.15) is 13.8 Å². The van der Waals surface area contributed by atoms with E-state index in [2.05, 4.69) is 10.4 Å². The van der Waals surface area contributed by atoms with Crippen molar-refractivity contribution in [1.82, 2.24) is 5.09 Å². The Bertz CT molecular complexity index is 522. The zero-order valence-electron chi connectivity index (χ0n) is 11.0. The predicted octanol–water partition coefficient (Wildman–Crippen LogP) is 3.90. The number of carbonyl (C=O) groups excluding carboxylic acids is 1. The second-order valence-electron chi connectivity index (χ2n) is 3.53. The topological polar surface area (TPSA) is 59.6 Å². The summed E-state index contributed by atoms with van der Waals surface area (Å²) in [4.78, 5) is 11.8. The van der Waals surface area contributed by atoms with Gasteiger partial charge in [-0.1, -0.05) is 11.6 Å². The minimum atomic E-state index is -2.87. The first kappa shape index (κ1) is 17.3. The van der Waals surface area contributed by atoms with Gasteiger partial charge in [0.1, 0.15) is 5.82 Å². The van der Waals surface area contributed by atoms with Crippen LogP contribution >= 0.6 is 18.2 Å². The molecule has 2 amide bonds. The molecule has 1 aromatic rings. The van der Waals surface area contributed by atoms with Gasteiger partial charge in [0.25, 0.3) is 6.64 Å². The van der Waals surface area contributed by atoms with Gasteiger partial charge in [0, 0.05) is 5.69 Å². The lowest BCUT2D eigenvalue weighted by molar-refractivity contribution is 0.242. The van der Waals surface area contributed by atoms with E-state index in [4.69, 9.17) is 32.5 Å². The van der Waals surface area contributed by atoms with E-state index < -0.39 is 18.5 Å². The fraction of sp³-hybridized carbons (Fsp3) is 0.364. The maximum Gasteiger partial charge on any atom is 0.326 e. The summed E-state index contributed by atoms with van der Waals surface area (Å²) in [6.45, 7) is 1.27. The number of anilines is 1. The minimum Gasteiger partial charge on any atom is -0.314 e. The van der Waals surface area contributed by atoms with Crippen LogP contribution in [0.2, 0.25) is 5.02 Å². The first-order valence-electron chi connectivity index (χ1n) is 5.83. The SMILES string of the molecule is CCOP(=S)(NC(=O)Nc1ccc(F)c(Cl)c1)OCC. The molecule has 9 heteroatoms. The molecule has 5 nitrogen and oxygen atoms in total. The van der Waals surface area contributed by atoms with Gasteiger partial charge in [0.2, 0.25) is 0 Å². The molecule has 0 radical (unpaired) electrons. The highest BCUT2D eigenvalue weighted by Gasteiger charge is 2.21. The highest BCUT2D eigenvalue weighted by Crippen LogP contribution is 2.43. The smallest absolute Gasteiger partial charge is 0.314 e. The van der Waals surface area contributed by atoms with Crippen LogP contribution in [0.3, 0.4) is 0 Å². The highest BCUT2D eigenvalue weighted by atomic mass is 35.5. The van der Waals surface area contributed by atoms with Gasteiger partial charge < -0.3 is 14.4 Å². The molecule has 0 spiro atoms. The lowest BCUT2D eigenvalue weighted by Crippen LogP contribution is -2.27. The fourth-order valence-corrected chi connectivity index (χ4v) is 3.55. The molecular weight excluding hydrogens is 326 g/mol. The first-order valence-corrected chi connectivity index (χ1v) is 8.85. The number of halogens is 2. The van der Waals surface area contributed by atoms with E-state index in [1.807, 2.05) is 0 Å². The number of hydrogen-bond acceptors (Lipinski definition) is 4. The molecule has 20 heavy (non-hydrogen) atoms. The van der Waals surface area contributed by atoms with Gasteiger partial charge in [0.15, 0.2) is 0 Å². The molecule has 112 valence electrons. The van der Waals surface area contributed by atoms with E-state index in [-0.39, 0.29) is 5.02 Å². The third-order valence-electron chi connectivity index (χ3n) is 2.01. The second-order valence-corrected chi connectivity index (χ2v) is 7.11. The number of hydrogen-bond donors (Lipinski definition) is 2. The van der Waals surface area contributed by atoms with Crippen LogP contribution in [0.15, 0.2) is 18.2 Å². The van der Waals surface area contributed by atoms with Gasteiger partial charge >= 0.3 is 6.03 Å². The van der Waals surface area contributed by atoms with Gasteiger partial charge in [-0.15, -0.1) is 0 Å². The van der Waals surface area contributed by atoms with Crippen molar-refractivity contribution in [3.05, 3.63) is 29.0 Å². The van der Waals surface area contributed by atoms with Crippen molar-refractivity contribution in [3.63, 3.8) is 0 Å². The molecule has 0 heterocycles. The third-order valence-corrected chi connectivity index (χ3v) is 4.88. The van der Waals surface area contributed by atoms with Crippen LogP contribution in [0.5, 0.6) is 0 Å². The Morgan fingerprint density at radius 1 is 1.40 bits per heavy atom. The molecule has 1 aromatic carbocycles. The summed E-state index contributed by atoms with van der Waals surface area (Å²) in [5.74, 6) is -0.564. The number of carbonyl (C=O) groups is 1. The largest absolute Gasteiger partial charge is 0.326 e. The molecule has 0 atom stereocenters. The van der Waals surface area contributed by atoms with Gasteiger partial charge in [-0.25, -0.2) is 9.18 Å². The standard InChI is InChI=1S/C11H15ClFN2O3PS/c1-3-17-19(20,18-4-2)15-11(16)14-8-5-6-10(13)9(12)7-8/h5-7H,3-4H2,1-2H3,(H2,14,15,16,20). The Hall–Kier alpha value is -0.720. The Morgan fingerprint density at radius 2 is 2.00 bits per heavy atom. The molecule has 0 bridgehead atoms. The Morgan fingerprint density at radius 3 is 2.50 bits per heavy atom. The summed E-state index contributed by atoms with van der Waals surface area (Å²) < 4.78 is 23.5. The molecule has 2 N–H and O–H groups in total. The predicted molar refractivity (Wildman–Crippen MR) is 81.1 cm³/mol. The van der Waals surface area contributed by atoms with Crippen LogP contribution in [0.25, 0.3) is 0 Å². The van der Waals surface area contributed by atoms with E-state index in [0.717, 1.165) is 6.07 Å². The van der Waals surface area contributed by atoms with E-state index in [1.54, 1.807) is 13.8 Å². The molecule has 0 saturated carbocycles. The van der Waals surface area contributed by atoms with Gasteiger partial charge in [-0.3, -0.25) is 5.09 Å². The van der Waals surface area contributed by atoms with Crippen molar-refractivity contribution < 1.29 is 18.2 Å². The number of amides is 2. The number of rotatable bonds is 6. The van der Waals surface area contributed by atoms with E-state index in [0.29, 0.717) is 18.9 Å². The minimum absolute atomic E-state index is 0.0863. The zero-order chi connectivity index (χ0) is 15.2. The lowest BCUT2D eigenvalue weighted by atomic mass is 10.3. The molecule has 0 aliphatic carbocycles. The monoisotopic (exact) mass is 340 g/mol. The molecule has 1 rings (SSSR count). The van der Waals surface area contributed by atoms with E-state index in [9.17, 15) is 9.18 Å². The second kappa shape index (κ2) is 7.90.